The van der Waals surface area contributed by atoms with E-state index in [1.165, 1.54) is 6.07 Å². The van der Waals surface area contributed by atoms with Crippen molar-refractivity contribution in [1.82, 2.24) is 5.32 Å². The highest BCUT2D eigenvalue weighted by Gasteiger charge is 2.20. The zero-order chi connectivity index (χ0) is 18.6. The lowest BCUT2D eigenvalue weighted by atomic mass is 10.1. The van der Waals surface area contributed by atoms with E-state index in [9.17, 15) is 9.18 Å². The average Bonchev–Trinajstić information content (AvgIpc) is 3.21. The summed E-state index contributed by atoms with van der Waals surface area (Å²) in [5.74, 6) is 1.28. The fourth-order valence-corrected chi connectivity index (χ4v) is 4.12. The van der Waals surface area contributed by atoms with E-state index >= 15 is 0 Å². The molecular formula is C21H19FN2O2S. The fraction of sp³-hybridized carbons (Fsp3) is 0.190. The molecule has 0 bridgehead atoms. The number of rotatable bonds is 5. The van der Waals surface area contributed by atoms with Crippen LogP contribution in [0.4, 0.5) is 10.1 Å². The van der Waals surface area contributed by atoms with Crippen LogP contribution in [0.1, 0.15) is 21.7 Å². The molecule has 0 unspecified atom stereocenters. The number of nitrogens with one attached hydrogen (secondary N) is 1. The minimum Gasteiger partial charge on any atom is -0.467 e. The van der Waals surface area contributed by atoms with Gasteiger partial charge in [0.05, 0.1) is 18.5 Å². The number of nitrogens with zero attached hydrogens (tertiary/aromatic N) is 1. The van der Waals surface area contributed by atoms with Gasteiger partial charge in [-0.05, 0) is 36.4 Å². The van der Waals surface area contributed by atoms with Crippen LogP contribution in [0.25, 0.3) is 0 Å². The molecule has 0 atom stereocenters. The van der Waals surface area contributed by atoms with Crippen LogP contribution < -0.4 is 10.2 Å². The maximum atomic E-state index is 14.1. The van der Waals surface area contributed by atoms with Crippen molar-refractivity contribution in [3.05, 3.63) is 83.6 Å². The number of hydrogen-bond donors (Lipinski definition) is 1. The van der Waals surface area contributed by atoms with Crippen molar-refractivity contribution in [3.8, 4) is 0 Å². The molecule has 1 aromatic heterocycles. The van der Waals surface area contributed by atoms with E-state index in [0.717, 1.165) is 22.9 Å². The number of anilines is 1. The van der Waals surface area contributed by atoms with Crippen LogP contribution in [0.3, 0.4) is 0 Å². The number of benzene rings is 2. The Morgan fingerprint density at radius 1 is 1.19 bits per heavy atom. The first-order valence-corrected chi connectivity index (χ1v) is 9.75. The molecular weight excluding hydrogens is 363 g/mol. The third-order valence-electron chi connectivity index (χ3n) is 4.50. The second-order valence-corrected chi connectivity index (χ2v) is 7.44. The van der Waals surface area contributed by atoms with E-state index < -0.39 is 0 Å². The second kappa shape index (κ2) is 7.88. The van der Waals surface area contributed by atoms with E-state index in [0.29, 0.717) is 30.0 Å². The molecule has 2 heterocycles. The summed E-state index contributed by atoms with van der Waals surface area (Å²) in [5.41, 5.74) is 2.21. The summed E-state index contributed by atoms with van der Waals surface area (Å²) in [5, 5.41) is 2.86. The molecule has 0 aliphatic carbocycles. The first-order valence-electron chi connectivity index (χ1n) is 8.76. The number of carbonyl (C=O) groups excluding carboxylic acids is 1. The number of furan rings is 1. The summed E-state index contributed by atoms with van der Waals surface area (Å²) in [6.45, 7) is 1.64. The molecule has 0 saturated heterocycles. The summed E-state index contributed by atoms with van der Waals surface area (Å²) >= 11 is 1.76. The summed E-state index contributed by atoms with van der Waals surface area (Å²) in [6, 6.07) is 16.1. The Morgan fingerprint density at radius 3 is 2.89 bits per heavy atom. The van der Waals surface area contributed by atoms with Crippen molar-refractivity contribution in [2.45, 2.75) is 18.0 Å². The van der Waals surface area contributed by atoms with E-state index in [1.54, 1.807) is 36.2 Å². The van der Waals surface area contributed by atoms with Gasteiger partial charge in [0, 0.05) is 34.9 Å². The molecule has 1 amide bonds. The number of hydrogen-bond acceptors (Lipinski definition) is 4. The quantitative estimate of drug-likeness (QED) is 0.708. The van der Waals surface area contributed by atoms with Crippen molar-refractivity contribution < 1.29 is 13.6 Å². The molecule has 6 heteroatoms. The molecule has 1 aliphatic rings. The molecule has 3 aromatic rings. The standard InChI is InChI=1S/C21H19FN2O2S/c22-18-6-2-1-4-16(18)14-24-9-11-27-20-8-7-15(12-19(20)24)21(25)23-13-17-5-3-10-26-17/h1-8,10,12H,9,11,13-14H2,(H,23,25). The molecule has 0 radical (unpaired) electrons. The minimum absolute atomic E-state index is 0.157. The first-order chi connectivity index (χ1) is 13.2. The highest BCUT2D eigenvalue weighted by atomic mass is 32.2. The van der Waals surface area contributed by atoms with Crippen molar-refractivity contribution in [3.63, 3.8) is 0 Å². The van der Waals surface area contributed by atoms with Gasteiger partial charge in [-0.1, -0.05) is 18.2 Å². The van der Waals surface area contributed by atoms with E-state index in [2.05, 4.69) is 10.2 Å². The second-order valence-electron chi connectivity index (χ2n) is 6.31. The topological polar surface area (TPSA) is 45.5 Å². The van der Waals surface area contributed by atoms with Gasteiger partial charge in [-0.3, -0.25) is 4.79 Å². The predicted molar refractivity (Wildman–Crippen MR) is 104 cm³/mol. The van der Waals surface area contributed by atoms with Gasteiger partial charge >= 0.3 is 0 Å². The van der Waals surface area contributed by atoms with Gasteiger partial charge in [0.25, 0.3) is 5.91 Å². The normalized spacial score (nSPS) is 13.3. The largest absolute Gasteiger partial charge is 0.467 e. The van der Waals surface area contributed by atoms with Crippen LogP contribution in [0.15, 0.2) is 70.2 Å². The SMILES string of the molecule is O=C(NCc1ccco1)c1ccc2c(c1)N(Cc1ccccc1F)CCS2. The van der Waals surface area contributed by atoms with Gasteiger partial charge in [-0.25, -0.2) is 4.39 Å². The highest BCUT2D eigenvalue weighted by molar-refractivity contribution is 7.99. The Morgan fingerprint density at radius 2 is 2.07 bits per heavy atom. The Bertz CT molecular complexity index is 943. The molecule has 2 aromatic carbocycles. The zero-order valence-corrected chi connectivity index (χ0v) is 15.5. The Kier molecular flexibility index (Phi) is 5.16. The van der Waals surface area contributed by atoms with Gasteiger partial charge in [0.1, 0.15) is 11.6 Å². The summed E-state index contributed by atoms with van der Waals surface area (Å²) < 4.78 is 19.3. The Labute approximate surface area is 161 Å². The van der Waals surface area contributed by atoms with Gasteiger partial charge < -0.3 is 14.6 Å². The van der Waals surface area contributed by atoms with Crippen LogP contribution >= 0.6 is 11.8 Å². The maximum absolute atomic E-state index is 14.1. The van der Waals surface area contributed by atoms with Gasteiger partial charge in [0.2, 0.25) is 0 Å². The molecule has 27 heavy (non-hydrogen) atoms. The Hall–Kier alpha value is -2.73. The third kappa shape index (κ3) is 4.01. The average molecular weight is 382 g/mol. The molecule has 138 valence electrons. The van der Waals surface area contributed by atoms with Crippen molar-refractivity contribution in [2.75, 3.05) is 17.2 Å². The zero-order valence-electron chi connectivity index (χ0n) is 14.7. The third-order valence-corrected chi connectivity index (χ3v) is 5.55. The number of halogens is 1. The van der Waals surface area contributed by atoms with E-state index in [4.69, 9.17) is 4.42 Å². The summed E-state index contributed by atoms with van der Waals surface area (Å²) in [4.78, 5) is 15.8. The van der Waals surface area contributed by atoms with Crippen molar-refractivity contribution in [1.29, 1.82) is 0 Å². The van der Waals surface area contributed by atoms with Crippen LogP contribution in [0.2, 0.25) is 0 Å². The number of amides is 1. The minimum atomic E-state index is -0.204. The number of thioether (sulfide) groups is 1. The monoisotopic (exact) mass is 382 g/mol. The first kappa shape index (κ1) is 17.7. The van der Waals surface area contributed by atoms with E-state index in [-0.39, 0.29) is 11.7 Å². The van der Waals surface area contributed by atoms with Gasteiger partial charge in [-0.2, -0.15) is 0 Å². The highest BCUT2D eigenvalue weighted by Crippen LogP contribution is 2.36. The lowest BCUT2D eigenvalue weighted by molar-refractivity contribution is 0.0948. The van der Waals surface area contributed by atoms with Crippen molar-refractivity contribution >= 4 is 23.4 Å². The molecule has 0 fully saturated rings. The van der Waals surface area contributed by atoms with Crippen LogP contribution in [-0.2, 0) is 13.1 Å². The molecule has 0 spiro atoms. The van der Waals surface area contributed by atoms with Crippen LogP contribution in [-0.4, -0.2) is 18.2 Å². The van der Waals surface area contributed by atoms with Gasteiger partial charge in [-0.15, -0.1) is 11.8 Å². The molecule has 1 N–H and O–H groups in total. The lowest BCUT2D eigenvalue weighted by Crippen LogP contribution is -2.30. The van der Waals surface area contributed by atoms with Crippen molar-refractivity contribution in [2.24, 2.45) is 0 Å². The number of fused-ring (bicyclic) bond motifs is 1. The lowest BCUT2D eigenvalue weighted by Gasteiger charge is -2.31. The number of carbonyl (C=O) groups is 1. The molecule has 4 nitrogen and oxygen atoms in total. The molecule has 0 saturated carbocycles. The van der Waals surface area contributed by atoms with Crippen LogP contribution in [0.5, 0.6) is 0 Å². The van der Waals surface area contributed by atoms with Crippen LogP contribution in [0, 0.1) is 5.82 Å². The molecule has 1 aliphatic heterocycles. The van der Waals surface area contributed by atoms with E-state index in [1.807, 2.05) is 30.3 Å². The maximum Gasteiger partial charge on any atom is 0.251 e. The molecule has 4 rings (SSSR count). The van der Waals surface area contributed by atoms with Gasteiger partial charge in [0.15, 0.2) is 0 Å². The summed E-state index contributed by atoms with van der Waals surface area (Å²) in [7, 11) is 0. The smallest absolute Gasteiger partial charge is 0.251 e. The summed E-state index contributed by atoms with van der Waals surface area (Å²) in [6.07, 6.45) is 1.58. The Balaban J connectivity index is 1.53. The predicted octanol–water partition coefficient (Wildman–Crippen LogP) is 4.46. The fourth-order valence-electron chi connectivity index (χ4n) is 3.09.